The van der Waals surface area contributed by atoms with Gasteiger partial charge in [0.1, 0.15) is 30.5 Å². The summed E-state index contributed by atoms with van der Waals surface area (Å²) in [6.45, 7) is 3.33. The molecule has 7 heteroatoms. The zero-order chi connectivity index (χ0) is 18.4. The molecule has 2 aromatic rings. The minimum atomic E-state index is -1.08. The van der Waals surface area contributed by atoms with E-state index < -0.39 is 18.4 Å². The van der Waals surface area contributed by atoms with E-state index in [1.165, 1.54) is 35.2 Å². The summed E-state index contributed by atoms with van der Waals surface area (Å²) >= 11 is 0. The van der Waals surface area contributed by atoms with Crippen LogP contribution >= 0.6 is 0 Å². The van der Waals surface area contributed by atoms with Crippen LogP contribution in [0.1, 0.15) is 36.6 Å². The van der Waals surface area contributed by atoms with E-state index >= 15 is 0 Å². The van der Waals surface area contributed by atoms with Gasteiger partial charge in [0.2, 0.25) is 0 Å². The van der Waals surface area contributed by atoms with Crippen molar-refractivity contribution in [1.29, 1.82) is 0 Å². The van der Waals surface area contributed by atoms with Gasteiger partial charge in [0.05, 0.1) is 0 Å². The number of nitrogens with zero attached hydrogens (tertiary/aromatic N) is 1. The van der Waals surface area contributed by atoms with Crippen LogP contribution in [0.3, 0.4) is 0 Å². The molecule has 0 fully saturated rings. The summed E-state index contributed by atoms with van der Waals surface area (Å²) in [5, 5.41) is 8.99. The molecule has 0 saturated heterocycles. The monoisotopic (exact) mass is 349 g/mol. The minimum Gasteiger partial charge on any atom is -0.486 e. The van der Waals surface area contributed by atoms with E-state index in [1.54, 1.807) is 13.0 Å². The average Bonchev–Trinajstić information content (AvgIpc) is 3.07. The smallest absolute Gasteiger partial charge is 0.323 e. The second-order valence-electron chi connectivity index (χ2n) is 5.59. The summed E-state index contributed by atoms with van der Waals surface area (Å²) in [7, 11) is 0. The van der Waals surface area contributed by atoms with Crippen LogP contribution in [-0.4, -0.2) is 34.5 Å². The van der Waals surface area contributed by atoms with Gasteiger partial charge < -0.3 is 19.2 Å². The number of hydrogen-bond donors (Lipinski definition) is 1. The Kier molecular flexibility index (Phi) is 6.16. The van der Waals surface area contributed by atoms with Gasteiger partial charge in [-0.1, -0.05) is 6.92 Å². The summed E-state index contributed by atoms with van der Waals surface area (Å²) in [6.07, 6.45) is 0.625. The van der Waals surface area contributed by atoms with Gasteiger partial charge in [-0.3, -0.25) is 9.59 Å². The number of rotatable bonds is 8. The van der Waals surface area contributed by atoms with Crippen molar-refractivity contribution in [2.24, 2.45) is 0 Å². The van der Waals surface area contributed by atoms with E-state index in [2.05, 4.69) is 0 Å². The fraction of sp³-hybridized carbons (Fsp3) is 0.333. The summed E-state index contributed by atoms with van der Waals surface area (Å²) in [5.74, 6) is -0.990. The lowest BCUT2D eigenvalue weighted by Crippen LogP contribution is -2.41. The number of carbonyl (C=O) groups is 2. The molecule has 1 atom stereocenters. The first-order valence-corrected chi connectivity index (χ1v) is 7.90. The number of aliphatic carboxylic acids is 1. The molecule has 0 radical (unpaired) electrons. The molecule has 1 amide bonds. The van der Waals surface area contributed by atoms with Crippen LogP contribution in [0, 0.1) is 5.82 Å². The van der Waals surface area contributed by atoms with Gasteiger partial charge in [-0.05, 0) is 49.7 Å². The lowest BCUT2D eigenvalue weighted by molar-refractivity contribution is -0.138. The molecule has 1 N–H and O–H groups in total. The van der Waals surface area contributed by atoms with Crippen LogP contribution in [0.25, 0.3) is 0 Å². The highest BCUT2D eigenvalue weighted by molar-refractivity contribution is 5.93. The quantitative estimate of drug-likeness (QED) is 0.791. The van der Waals surface area contributed by atoms with E-state index in [0.29, 0.717) is 17.9 Å². The number of benzene rings is 1. The topological polar surface area (TPSA) is 80.0 Å². The molecular weight excluding hydrogens is 329 g/mol. The number of furan rings is 1. The number of carboxylic acids is 1. The second-order valence-corrected chi connectivity index (χ2v) is 5.59. The maximum absolute atomic E-state index is 12.8. The Morgan fingerprint density at radius 3 is 2.52 bits per heavy atom. The third-order valence-electron chi connectivity index (χ3n) is 3.76. The van der Waals surface area contributed by atoms with Gasteiger partial charge in [0, 0.05) is 6.04 Å². The van der Waals surface area contributed by atoms with Crippen molar-refractivity contribution >= 4 is 11.9 Å². The van der Waals surface area contributed by atoms with Crippen LogP contribution in [0.4, 0.5) is 4.39 Å². The van der Waals surface area contributed by atoms with Crippen molar-refractivity contribution in [2.75, 3.05) is 6.54 Å². The Bertz CT molecular complexity index is 725. The predicted octanol–water partition coefficient (Wildman–Crippen LogP) is 3.32. The SMILES string of the molecule is CCC(C)N(CC(=O)O)C(=O)c1ccc(COc2ccc(F)cc2)o1. The first-order chi connectivity index (χ1) is 11.9. The molecule has 0 aliphatic rings. The van der Waals surface area contributed by atoms with E-state index in [1.807, 2.05) is 6.92 Å². The van der Waals surface area contributed by atoms with Gasteiger partial charge in [-0.2, -0.15) is 0 Å². The van der Waals surface area contributed by atoms with Crippen LogP contribution in [0.15, 0.2) is 40.8 Å². The molecule has 2 rings (SSSR count). The largest absolute Gasteiger partial charge is 0.486 e. The first kappa shape index (κ1) is 18.5. The van der Waals surface area contributed by atoms with Crippen molar-refractivity contribution in [3.8, 4) is 5.75 Å². The first-order valence-electron chi connectivity index (χ1n) is 7.90. The van der Waals surface area contributed by atoms with Crippen molar-refractivity contribution in [2.45, 2.75) is 32.9 Å². The second kappa shape index (κ2) is 8.32. The van der Waals surface area contributed by atoms with E-state index in [-0.39, 0.29) is 24.2 Å². The number of hydrogen-bond acceptors (Lipinski definition) is 4. The normalized spacial score (nSPS) is 11.8. The summed E-state index contributed by atoms with van der Waals surface area (Å²) in [4.78, 5) is 24.7. The third-order valence-corrected chi connectivity index (χ3v) is 3.76. The summed E-state index contributed by atoms with van der Waals surface area (Å²) < 4.78 is 23.8. The Morgan fingerprint density at radius 1 is 1.24 bits per heavy atom. The Hall–Kier alpha value is -2.83. The number of carboxylic acid groups (broad SMARTS) is 1. The molecule has 6 nitrogen and oxygen atoms in total. The Morgan fingerprint density at radius 2 is 1.92 bits per heavy atom. The zero-order valence-electron chi connectivity index (χ0n) is 14.1. The summed E-state index contributed by atoms with van der Waals surface area (Å²) in [6, 6.07) is 8.39. The van der Waals surface area contributed by atoms with Gasteiger partial charge in [0.15, 0.2) is 5.76 Å². The van der Waals surface area contributed by atoms with Gasteiger partial charge in [-0.25, -0.2) is 4.39 Å². The fourth-order valence-electron chi connectivity index (χ4n) is 2.19. The van der Waals surface area contributed by atoms with Crippen molar-refractivity contribution < 1.29 is 28.2 Å². The lowest BCUT2D eigenvalue weighted by atomic mass is 10.2. The van der Waals surface area contributed by atoms with E-state index in [0.717, 1.165) is 0 Å². The molecule has 0 spiro atoms. The van der Waals surface area contributed by atoms with Gasteiger partial charge in [0.25, 0.3) is 5.91 Å². The minimum absolute atomic E-state index is 0.0549. The predicted molar refractivity (Wildman–Crippen MR) is 87.9 cm³/mol. The molecule has 134 valence electrons. The molecule has 1 aromatic heterocycles. The van der Waals surface area contributed by atoms with E-state index in [4.69, 9.17) is 14.3 Å². The standard InChI is InChI=1S/C18H20FNO5/c1-3-12(2)20(10-17(21)22)18(23)16-9-8-15(25-16)11-24-14-6-4-13(19)5-7-14/h4-9,12H,3,10-11H2,1-2H3,(H,21,22). The van der Waals surface area contributed by atoms with Crippen LogP contribution in [0.5, 0.6) is 5.75 Å². The number of carbonyl (C=O) groups excluding carboxylic acids is 1. The molecular formula is C18H20FNO5. The maximum Gasteiger partial charge on any atom is 0.323 e. The molecule has 0 aliphatic heterocycles. The van der Waals surface area contributed by atoms with Crippen molar-refractivity contribution in [3.63, 3.8) is 0 Å². The van der Waals surface area contributed by atoms with Gasteiger partial charge in [-0.15, -0.1) is 0 Å². The van der Waals surface area contributed by atoms with Crippen LogP contribution < -0.4 is 4.74 Å². The highest BCUT2D eigenvalue weighted by Crippen LogP contribution is 2.17. The highest BCUT2D eigenvalue weighted by Gasteiger charge is 2.25. The molecule has 1 unspecified atom stereocenters. The number of ether oxygens (including phenoxy) is 1. The Labute approximate surface area is 144 Å². The summed E-state index contributed by atoms with van der Waals surface area (Å²) in [5.41, 5.74) is 0. The Balaban J connectivity index is 2.04. The van der Waals surface area contributed by atoms with Gasteiger partial charge >= 0.3 is 5.97 Å². The molecule has 1 heterocycles. The third kappa shape index (κ3) is 5.07. The molecule has 25 heavy (non-hydrogen) atoms. The zero-order valence-corrected chi connectivity index (χ0v) is 14.1. The molecule has 0 saturated carbocycles. The number of halogens is 1. The van der Waals surface area contributed by atoms with Crippen molar-refractivity contribution in [1.82, 2.24) is 4.90 Å². The molecule has 0 aliphatic carbocycles. The van der Waals surface area contributed by atoms with Crippen molar-refractivity contribution in [3.05, 3.63) is 53.7 Å². The molecule has 0 bridgehead atoms. The molecule has 1 aromatic carbocycles. The number of amides is 1. The van der Waals surface area contributed by atoms with Crippen LogP contribution in [-0.2, 0) is 11.4 Å². The fourth-order valence-corrected chi connectivity index (χ4v) is 2.19. The average molecular weight is 349 g/mol. The van der Waals surface area contributed by atoms with Crippen LogP contribution in [0.2, 0.25) is 0 Å². The lowest BCUT2D eigenvalue weighted by Gasteiger charge is -2.25. The highest BCUT2D eigenvalue weighted by atomic mass is 19.1. The van der Waals surface area contributed by atoms with E-state index in [9.17, 15) is 14.0 Å². The maximum atomic E-state index is 12.8.